The largest absolute Gasteiger partial charge is 0.351 e. The van der Waals surface area contributed by atoms with Gasteiger partial charge in [0.15, 0.2) is 0 Å². The Morgan fingerprint density at radius 1 is 0.897 bits per heavy atom. The molecule has 0 aliphatic rings. The van der Waals surface area contributed by atoms with Crippen LogP contribution in [0.4, 0.5) is 10.5 Å². The molecule has 6 heteroatoms. The van der Waals surface area contributed by atoms with Gasteiger partial charge in [0.05, 0.1) is 17.1 Å². The first-order chi connectivity index (χ1) is 14.0. The Morgan fingerprint density at radius 3 is 2.03 bits per heavy atom. The minimum Gasteiger partial charge on any atom is -0.351 e. The molecule has 0 unspecified atom stereocenters. The maximum atomic E-state index is 11.0. The average molecular weight is 447 g/mol. The lowest BCUT2D eigenvalue weighted by molar-refractivity contribution is 0.259. The summed E-state index contributed by atoms with van der Waals surface area (Å²) in [4.78, 5) is 11.0. The smallest absolute Gasteiger partial charge is 0.316 e. The van der Waals surface area contributed by atoms with Crippen LogP contribution in [-0.2, 0) is 0 Å². The monoisotopic (exact) mass is 446 g/mol. The summed E-state index contributed by atoms with van der Waals surface area (Å²) in [6.45, 7) is 1.97. The Bertz CT molecular complexity index is 1150. The molecule has 144 valence electrons. The number of carbonyl (C=O) groups excluding carboxylic acids is 1. The molecule has 1 aromatic heterocycles. The molecular weight excluding hydrogens is 428 g/mol. The molecule has 0 bridgehead atoms. The molecule has 0 spiro atoms. The van der Waals surface area contributed by atoms with Crippen molar-refractivity contribution in [3.63, 3.8) is 0 Å². The van der Waals surface area contributed by atoms with Gasteiger partial charge in [-0.05, 0) is 60.5 Å². The maximum Gasteiger partial charge on any atom is 0.316 e. The summed E-state index contributed by atoms with van der Waals surface area (Å²) in [7, 11) is 0. The first-order valence-electron chi connectivity index (χ1n) is 9.09. The first-order valence-corrected chi connectivity index (χ1v) is 9.89. The third-order valence-electron chi connectivity index (χ3n) is 4.57. The lowest BCUT2D eigenvalue weighted by Crippen LogP contribution is -2.19. The zero-order valence-corrected chi connectivity index (χ0v) is 17.3. The number of carbonyl (C=O) groups is 1. The predicted molar refractivity (Wildman–Crippen MR) is 120 cm³/mol. The maximum absolute atomic E-state index is 11.0. The van der Waals surface area contributed by atoms with Crippen molar-refractivity contribution in [2.45, 2.75) is 6.92 Å². The normalized spacial score (nSPS) is 10.7. The summed E-state index contributed by atoms with van der Waals surface area (Å²) in [5.74, 6) is 0. The summed E-state index contributed by atoms with van der Waals surface area (Å²) in [5.41, 5.74) is 12.0. The zero-order chi connectivity index (χ0) is 20.4. The Labute approximate surface area is 177 Å². The number of hydrogen-bond acceptors (Lipinski definition) is 2. The Hall–Kier alpha value is -3.38. The number of aromatic nitrogens is 2. The van der Waals surface area contributed by atoms with Crippen molar-refractivity contribution in [1.29, 1.82) is 0 Å². The number of rotatable bonds is 4. The van der Waals surface area contributed by atoms with Crippen molar-refractivity contribution in [1.82, 2.24) is 9.78 Å². The molecule has 1 heterocycles. The molecule has 0 saturated carbocycles. The average Bonchev–Trinajstić information content (AvgIpc) is 3.10. The van der Waals surface area contributed by atoms with Crippen molar-refractivity contribution in [3.8, 4) is 28.1 Å². The molecule has 0 aliphatic heterocycles. The van der Waals surface area contributed by atoms with Crippen molar-refractivity contribution in [2.24, 2.45) is 5.73 Å². The molecule has 0 radical (unpaired) electrons. The van der Waals surface area contributed by atoms with Gasteiger partial charge in [-0.15, -0.1) is 0 Å². The second-order valence-corrected chi connectivity index (χ2v) is 7.62. The van der Waals surface area contributed by atoms with Crippen molar-refractivity contribution < 1.29 is 4.79 Å². The number of urea groups is 1. The molecule has 0 fully saturated rings. The summed E-state index contributed by atoms with van der Waals surface area (Å²) in [6, 6.07) is 25.6. The van der Waals surface area contributed by atoms with E-state index in [-0.39, 0.29) is 0 Å². The van der Waals surface area contributed by atoms with E-state index in [1.54, 1.807) is 12.1 Å². The van der Waals surface area contributed by atoms with Crippen LogP contribution in [-0.4, -0.2) is 15.8 Å². The van der Waals surface area contributed by atoms with E-state index in [0.717, 1.165) is 32.7 Å². The fraction of sp³-hybridized carbons (Fsp3) is 0.0435. The van der Waals surface area contributed by atoms with Gasteiger partial charge in [-0.2, -0.15) is 5.10 Å². The van der Waals surface area contributed by atoms with Crippen LogP contribution < -0.4 is 11.1 Å². The van der Waals surface area contributed by atoms with Crippen LogP contribution in [0.15, 0.2) is 83.3 Å². The highest BCUT2D eigenvalue weighted by Crippen LogP contribution is 2.28. The van der Waals surface area contributed by atoms with Crippen molar-refractivity contribution >= 4 is 27.6 Å². The molecule has 0 saturated heterocycles. The summed E-state index contributed by atoms with van der Waals surface area (Å²) in [5, 5.41) is 7.20. The van der Waals surface area contributed by atoms with Gasteiger partial charge in [-0.25, -0.2) is 9.48 Å². The van der Waals surface area contributed by atoms with E-state index in [2.05, 4.69) is 68.8 Å². The lowest BCUT2D eigenvalue weighted by atomic mass is 10.0. The summed E-state index contributed by atoms with van der Waals surface area (Å²) >= 11 is 3.47. The van der Waals surface area contributed by atoms with Crippen LogP contribution in [0, 0.1) is 6.92 Å². The standard InChI is InChI=1S/C23H19BrN4O/c1-15-14-22(28(27-15)21-12-10-20(11-13-21)26-23(25)29)18-4-2-16(3-5-18)17-6-8-19(24)9-7-17/h2-14H,1H3,(H3,25,26,29). The second kappa shape index (κ2) is 7.93. The van der Waals surface area contributed by atoms with Gasteiger partial charge in [-0.1, -0.05) is 52.3 Å². The number of nitrogens with zero attached hydrogens (tertiary/aromatic N) is 2. The SMILES string of the molecule is Cc1cc(-c2ccc(-c3ccc(Br)cc3)cc2)n(-c2ccc(NC(N)=O)cc2)n1. The van der Waals surface area contributed by atoms with E-state index >= 15 is 0 Å². The van der Waals surface area contributed by atoms with Gasteiger partial charge in [0.2, 0.25) is 0 Å². The van der Waals surface area contributed by atoms with Crippen LogP contribution >= 0.6 is 15.9 Å². The molecule has 0 atom stereocenters. The minimum atomic E-state index is -0.584. The molecular formula is C23H19BrN4O. The molecule has 2 amide bonds. The third kappa shape index (κ3) is 4.22. The molecule has 3 aromatic carbocycles. The molecule has 5 nitrogen and oxygen atoms in total. The van der Waals surface area contributed by atoms with E-state index in [4.69, 9.17) is 5.73 Å². The Kier molecular flexibility index (Phi) is 5.18. The zero-order valence-electron chi connectivity index (χ0n) is 15.8. The van der Waals surface area contributed by atoms with Crippen LogP contribution in [0.1, 0.15) is 5.69 Å². The molecule has 3 N–H and O–H groups in total. The van der Waals surface area contributed by atoms with Gasteiger partial charge in [0.1, 0.15) is 0 Å². The third-order valence-corrected chi connectivity index (χ3v) is 5.10. The number of nitrogens with one attached hydrogen (secondary N) is 1. The van der Waals surface area contributed by atoms with Crippen LogP contribution in [0.2, 0.25) is 0 Å². The van der Waals surface area contributed by atoms with Crippen LogP contribution in [0.25, 0.3) is 28.1 Å². The predicted octanol–water partition coefficient (Wildman–Crippen LogP) is 5.77. The highest BCUT2D eigenvalue weighted by Gasteiger charge is 2.11. The number of hydrogen-bond donors (Lipinski definition) is 2. The van der Waals surface area contributed by atoms with E-state index in [1.807, 2.05) is 35.9 Å². The topological polar surface area (TPSA) is 72.9 Å². The minimum absolute atomic E-state index is 0.584. The highest BCUT2D eigenvalue weighted by molar-refractivity contribution is 9.10. The number of anilines is 1. The van der Waals surface area contributed by atoms with E-state index in [0.29, 0.717) is 5.69 Å². The lowest BCUT2D eigenvalue weighted by Gasteiger charge is -2.10. The highest BCUT2D eigenvalue weighted by atomic mass is 79.9. The second-order valence-electron chi connectivity index (χ2n) is 6.70. The number of aryl methyl sites for hydroxylation is 1. The van der Waals surface area contributed by atoms with Gasteiger partial charge in [-0.3, -0.25) is 0 Å². The number of benzene rings is 3. The summed E-state index contributed by atoms with van der Waals surface area (Å²) in [6.07, 6.45) is 0. The van der Waals surface area contributed by atoms with Crippen LogP contribution in [0.5, 0.6) is 0 Å². The van der Waals surface area contributed by atoms with Gasteiger partial charge in [0.25, 0.3) is 0 Å². The van der Waals surface area contributed by atoms with Gasteiger partial charge < -0.3 is 11.1 Å². The van der Waals surface area contributed by atoms with E-state index < -0.39 is 6.03 Å². The number of nitrogens with two attached hydrogens (primary N) is 1. The fourth-order valence-electron chi connectivity index (χ4n) is 3.21. The molecule has 4 aromatic rings. The van der Waals surface area contributed by atoms with E-state index in [9.17, 15) is 4.79 Å². The Morgan fingerprint density at radius 2 is 1.45 bits per heavy atom. The van der Waals surface area contributed by atoms with Gasteiger partial charge in [0, 0.05) is 15.7 Å². The Balaban J connectivity index is 1.66. The molecule has 29 heavy (non-hydrogen) atoms. The number of amides is 2. The molecule has 0 aliphatic carbocycles. The van der Waals surface area contributed by atoms with Gasteiger partial charge >= 0.3 is 6.03 Å². The number of primary amides is 1. The van der Waals surface area contributed by atoms with E-state index in [1.165, 1.54) is 5.56 Å². The fourth-order valence-corrected chi connectivity index (χ4v) is 3.47. The van der Waals surface area contributed by atoms with Crippen molar-refractivity contribution in [3.05, 3.63) is 89.0 Å². The summed E-state index contributed by atoms with van der Waals surface area (Å²) < 4.78 is 2.96. The van der Waals surface area contributed by atoms with Crippen molar-refractivity contribution in [2.75, 3.05) is 5.32 Å². The van der Waals surface area contributed by atoms with Crippen LogP contribution in [0.3, 0.4) is 0 Å². The quantitative estimate of drug-likeness (QED) is 0.417. The molecule has 4 rings (SSSR count). The first kappa shape index (κ1) is 19.0. The number of halogens is 1.